The molecule has 1 aromatic carbocycles. The Kier molecular flexibility index (Phi) is 10.6. The maximum absolute atomic E-state index is 13.0. The number of carbonyl (C=O) groups excluding carboxylic acids is 3. The molecular weight excluding hydrogens is 428 g/mol. The zero-order valence-electron chi connectivity index (χ0n) is 17.2. The molecule has 0 fully saturated rings. The third-order valence-corrected chi connectivity index (χ3v) is 3.59. The van der Waals surface area contributed by atoms with Crippen LogP contribution in [-0.2, 0) is 20.9 Å². The summed E-state index contributed by atoms with van der Waals surface area (Å²) in [5.74, 6) is -4.84. The van der Waals surface area contributed by atoms with E-state index < -0.39 is 41.5 Å². The Balaban J connectivity index is 0.000000323. The lowest BCUT2D eigenvalue weighted by Crippen LogP contribution is -2.30. The minimum Gasteiger partial charge on any atom is -0.480 e. The Morgan fingerprint density at radius 2 is 1.84 bits per heavy atom. The Hall–Kier alpha value is -4.22. The van der Waals surface area contributed by atoms with E-state index >= 15 is 0 Å². The van der Waals surface area contributed by atoms with E-state index in [2.05, 4.69) is 15.3 Å². The number of rotatable bonds is 8. The van der Waals surface area contributed by atoms with Crippen LogP contribution in [0, 0.1) is 18.6 Å². The maximum atomic E-state index is 13.0. The zero-order valence-corrected chi connectivity index (χ0v) is 17.2. The number of aliphatic carboxylic acids is 1. The van der Waals surface area contributed by atoms with Gasteiger partial charge in [0.25, 0.3) is 11.8 Å². The highest BCUT2D eigenvalue weighted by Crippen LogP contribution is 2.11. The molecule has 0 radical (unpaired) electrons. The molecule has 0 saturated carbocycles. The van der Waals surface area contributed by atoms with Crippen LogP contribution in [-0.4, -0.2) is 57.8 Å². The van der Waals surface area contributed by atoms with Crippen LogP contribution < -0.4 is 10.6 Å². The van der Waals surface area contributed by atoms with Gasteiger partial charge in [0.05, 0.1) is 12.2 Å². The average molecular weight is 449 g/mol. The van der Waals surface area contributed by atoms with Gasteiger partial charge in [-0.15, -0.1) is 0 Å². The van der Waals surface area contributed by atoms with E-state index in [1.54, 1.807) is 13.1 Å². The van der Waals surface area contributed by atoms with Gasteiger partial charge >= 0.3 is 5.97 Å². The molecule has 1 aromatic heterocycles. The van der Waals surface area contributed by atoms with Gasteiger partial charge in [0.15, 0.2) is 0 Å². The molecule has 32 heavy (non-hydrogen) atoms. The predicted octanol–water partition coefficient (Wildman–Crippen LogP) is 0.782. The van der Waals surface area contributed by atoms with Crippen LogP contribution >= 0.6 is 0 Å². The van der Waals surface area contributed by atoms with E-state index in [4.69, 9.17) is 5.11 Å². The third kappa shape index (κ3) is 8.65. The molecule has 3 amide bonds. The standard InChI is InChI=1S/C11H14N4O2.C9H7F2NO3/c1-9-5-10(14-7-13-9)6-15(8-16)11(17)3-4-12-2;10-5-2-1-3-6(11)8(5)9(15)12-4-7(13)14/h3-5,7-8,12H,6H2,1-2H3;1-3H,4H2,(H,12,15)(H,13,14)/b4-3-;. The van der Waals surface area contributed by atoms with E-state index in [9.17, 15) is 28.0 Å². The molecule has 12 heteroatoms. The maximum Gasteiger partial charge on any atom is 0.322 e. The number of hydrogen-bond donors (Lipinski definition) is 3. The summed E-state index contributed by atoms with van der Waals surface area (Å²) in [6.45, 7) is 1.27. The van der Waals surface area contributed by atoms with Gasteiger partial charge in [-0.3, -0.25) is 24.1 Å². The normalized spacial score (nSPS) is 10.0. The lowest BCUT2D eigenvalue weighted by Gasteiger charge is -2.12. The first kappa shape index (κ1) is 25.8. The number of nitrogens with one attached hydrogen (secondary N) is 2. The summed E-state index contributed by atoms with van der Waals surface area (Å²) in [5.41, 5.74) is 0.633. The Bertz CT molecular complexity index is 980. The smallest absolute Gasteiger partial charge is 0.322 e. The number of nitrogens with zero attached hydrogens (tertiary/aromatic N) is 3. The first-order valence-electron chi connectivity index (χ1n) is 9.00. The summed E-state index contributed by atoms with van der Waals surface area (Å²) < 4.78 is 26.0. The highest BCUT2D eigenvalue weighted by Gasteiger charge is 2.17. The first-order chi connectivity index (χ1) is 15.2. The summed E-state index contributed by atoms with van der Waals surface area (Å²) in [4.78, 5) is 52.6. The second kappa shape index (κ2) is 13.2. The van der Waals surface area contributed by atoms with Crippen molar-refractivity contribution in [3.8, 4) is 0 Å². The van der Waals surface area contributed by atoms with Gasteiger partial charge < -0.3 is 15.7 Å². The van der Waals surface area contributed by atoms with Crippen LogP contribution in [0.1, 0.15) is 21.7 Å². The molecule has 2 rings (SSSR count). The Morgan fingerprint density at radius 3 is 2.38 bits per heavy atom. The van der Waals surface area contributed by atoms with Crippen LogP contribution in [0.5, 0.6) is 0 Å². The highest BCUT2D eigenvalue weighted by atomic mass is 19.1. The van der Waals surface area contributed by atoms with Gasteiger partial charge in [-0.2, -0.15) is 0 Å². The van der Waals surface area contributed by atoms with Crippen molar-refractivity contribution in [2.24, 2.45) is 0 Å². The van der Waals surface area contributed by atoms with Crippen molar-refractivity contribution >= 4 is 24.2 Å². The van der Waals surface area contributed by atoms with Crippen molar-refractivity contribution in [1.82, 2.24) is 25.5 Å². The minimum atomic E-state index is -1.29. The fourth-order valence-corrected chi connectivity index (χ4v) is 2.15. The summed E-state index contributed by atoms with van der Waals surface area (Å²) >= 11 is 0. The summed E-state index contributed by atoms with van der Waals surface area (Å²) in [7, 11) is 1.67. The zero-order chi connectivity index (χ0) is 24.1. The van der Waals surface area contributed by atoms with E-state index in [0.29, 0.717) is 12.1 Å². The van der Waals surface area contributed by atoms with Crippen molar-refractivity contribution in [2.75, 3.05) is 13.6 Å². The fourth-order valence-electron chi connectivity index (χ4n) is 2.15. The van der Waals surface area contributed by atoms with Gasteiger partial charge in [-0.05, 0) is 25.1 Å². The number of hydrogen-bond acceptors (Lipinski definition) is 7. The quantitative estimate of drug-likeness (QED) is 0.397. The number of imide groups is 1. The van der Waals surface area contributed by atoms with Crippen molar-refractivity contribution < 1.29 is 33.1 Å². The fraction of sp³-hybridized carbons (Fsp3) is 0.200. The van der Waals surface area contributed by atoms with Gasteiger partial charge in [-0.1, -0.05) is 6.07 Å². The number of carbonyl (C=O) groups is 4. The van der Waals surface area contributed by atoms with E-state index in [1.807, 2.05) is 12.2 Å². The summed E-state index contributed by atoms with van der Waals surface area (Å²) in [5, 5.41) is 12.8. The summed E-state index contributed by atoms with van der Waals surface area (Å²) in [6, 6.07) is 4.67. The number of carboxylic acid groups (broad SMARTS) is 1. The topological polar surface area (TPSA) is 142 Å². The Labute approximate surface area is 182 Å². The van der Waals surface area contributed by atoms with Crippen LogP contribution in [0.4, 0.5) is 8.78 Å². The van der Waals surface area contributed by atoms with E-state index in [-0.39, 0.29) is 6.54 Å². The molecule has 0 aliphatic heterocycles. The Morgan fingerprint density at radius 1 is 1.19 bits per heavy atom. The molecule has 0 unspecified atom stereocenters. The molecule has 10 nitrogen and oxygen atoms in total. The highest BCUT2D eigenvalue weighted by molar-refractivity contribution is 5.96. The molecule has 2 aromatic rings. The molecular formula is C20H21F2N5O5. The SMILES string of the molecule is CN/C=C\C(=O)N(C=O)Cc1cc(C)ncn1.O=C(O)CNC(=O)c1c(F)cccc1F. The average Bonchev–Trinajstić information content (AvgIpc) is 2.74. The second-order valence-corrected chi connectivity index (χ2v) is 6.02. The van der Waals surface area contributed by atoms with Crippen molar-refractivity contribution in [3.05, 3.63) is 71.5 Å². The van der Waals surface area contributed by atoms with Gasteiger partial charge in [-0.25, -0.2) is 18.7 Å². The number of aryl methyl sites for hydroxylation is 1. The monoisotopic (exact) mass is 449 g/mol. The van der Waals surface area contributed by atoms with Crippen molar-refractivity contribution in [2.45, 2.75) is 13.5 Å². The molecule has 0 atom stereocenters. The lowest BCUT2D eigenvalue weighted by atomic mass is 10.2. The third-order valence-electron chi connectivity index (χ3n) is 3.59. The molecule has 0 bridgehead atoms. The molecule has 0 aliphatic carbocycles. The predicted molar refractivity (Wildman–Crippen MR) is 108 cm³/mol. The van der Waals surface area contributed by atoms with E-state index in [0.717, 1.165) is 28.8 Å². The number of halogens is 2. The molecule has 0 spiro atoms. The van der Waals surface area contributed by atoms with Crippen LogP contribution in [0.25, 0.3) is 0 Å². The summed E-state index contributed by atoms with van der Waals surface area (Å²) in [6.07, 6.45) is 4.63. The van der Waals surface area contributed by atoms with Crippen molar-refractivity contribution in [1.29, 1.82) is 0 Å². The molecule has 3 N–H and O–H groups in total. The lowest BCUT2D eigenvalue weighted by molar-refractivity contribution is -0.136. The molecule has 0 aliphatic rings. The molecule has 0 saturated heterocycles. The molecule has 1 heterocycles. The molecule has 170 valence electrons. The number of benzene rings is 1. The number of carboxylic acids is 1. The van der Waals surface area contributed by atoms with Gasteiger partial charge in [0.1, 0.15) is 30.1 Å². The van der Waals surface area contributed by atoms with Crippen LogP contribution in [0.15, 0.2) is 42.9 Å². The van der Waals surface area contributed by atoms with Gasteiger partial charge in [0.2, 0.25) is 6.41 Å². The van der Waals surface area contributed by atoms with E-state index in [1.165, 1.54) is 18.6 Å². The van der Waals surface area contributed by atoms with Crippen LogP contribution in [0.3, 0.4) is 0 Å². The minimum absolute atomic E-state index is 0.139. The van der Waals surface area contributed by atoms with Crippen molar-refractivity contribution in [3.63, 3.8) is 0 Å². The largest absolute Gasteiger partial charge is 0.480 e. The first-order valence-corrected chi connectivity index (χ1v) is 9.00. The van der Waals surface area contributed by atoms with Crippen LogP contribution in [0.2, 0.25) is 0 Å². The number of amides is 3. The second-order valence-electron chi connectivity index (χ2n) is 6.02. The van der Waals surface area contributed by atoms with Gasteiger partial charge in [0, 0.05) is 25.0 Å². The number of aromatic nitrogens is 2.